The van der Waals surface area contributed by atoms with Crippen molar-refractivity contribution in [3.8, 4) is 0 Å². The third kappa shape index (κ3) is 4.64. The van der Waals surface area contributed by atoms with Gasteiger partial charge in [0.05, 0.1) is 0 Å². The lowest BCUT2D eigenvalue weighted by Gasteiger charge is -2.36. The van der Waals surface area contributed by atoms with Crippen LogP contribution in [0, 0.1) is 10.8 Å². The molecule has 5 heteroatoms. The molecule has 4 nitrogen and oxygen atoms in total. The van der Waals surface area contributed by atoms with E-state index < -0.39 is 5.92 Å². The fourth-order valence-corrected chi connectivity index (χ4v) is 4.94. The van der Waals surface area contributed by atoms with Crippen molar-refractivity contribution in [1.82, 2.24) is 0 Å². The Kier molecular flexibility index (Phi) is 6.20. The average Bonchev–Trinajstić information content (AvgIpc) is 2.58. The summed E-state index contributed by atoms with van der Waals surface area (Å²) in [5.74, 6) is -0.565. The van der Waals surface area contributed by atoms with Crippen LogP contribution in [0.3, 0.4) is 0 Å². The number of aliphatic hydroxyl groups is 2. The molecule has 0 spiro atoms. The molecule has 0 heterocycles. The van der Waals surface area contributed by atoms with Gasteiger partial charge in [-0.05, 0) is 28.4 Å². The second kappa shape index (κ2) is 8.22. The Bertz CT molecular complexity index is 867. The largest absolute Gasteiger partial charge is 0.512 e. The molecule has 2 aliphatic rings. The van der Waals surface area contributed by atoms with Crippen LogP contribution in [-0.4, -0.2) is 27.7 Å². The van der Waals surface area contributed by atoms with Crippen LogP contribution in [0.4, 0.5) is 0 Å². The average molecular weight is 431 g/mol. The van der Waals surface area contributed by atoms with Crippen LogP contribution in [0.5, 0.6) is 0 Å². The van der Waals surface area contributed by atoms with Crippen LogP contribution in [0.25, 0.3) is 0 Å². The molecule has 0 unspecified atom stereocenters. The number of ketones is 2. The van der Waals surface area contributed by atoms with Gasteiger partial charge in [-0.2, -0.15) is 0 Å². The normalized spacial score (nSPS) is 21.5. The highest BCUT2D eigenvalue weighted by Gasteiger charge is 2.43. The zero-order valence-electron chi connectivity index (χ0n) is 18.2. The molecule has 0 bridgehead atoms. The lowest BCUT2D eigenvalue weighted by Crippen LogP contribution is -2.33. The molecule has 0 fully saturated rings. The summed E-state index contributed by atoms with van der Waals surface area (Å²) < 4.78 is 0. The molecule has 0 atom stereocenters. The maximum atomic E-state index is 13.1. The number of allylic oxidation sites excluding steroid dienone is 4. The Hall–Kier alpha value is -2.07. The van der Waals surface area contributed by atoms with Gasteiger partial charge < -0.3 is 10.2 Å². The Labute approximate surface area is 183 Å². The van der Waals surface area contributed by atoms with Gasteiger partial charge >= 0.3 is 0 Å². The predicted molar refractivity (Wildman–Crippen MR) is 119 cm³/mol. The van der Waals surface area contributed by atoms with Gasteiger partial charge in [0, 0.05) is 48.6 Å². The second-order valence-electron chi connectivity index (χ2n) is 10.2. The highest BCUT2D eigenvalue weighted by Crippen LogP contribution is 2.47. The minimum atomic E-state index is -0.762. The van der Waals surface area contributed by atoms with E-state index in [1.165, 1.54) is 0 Å². The number of carbonyl (C=O) groups is 2. The van der Waals surface area contributed by atoms with Crippen molar-refractivity contribution in [3.63, 3.8) is 0 Å². The fourth-order valence-electron chi connectivity index (χ4n) is 4.72. The number of carbonyl (C=O) groups excluding carboxylic acids is 2. The third-order valence-corrected chi connectivity index (χ3v) is 6.26. The zero-order chi connectivity index (χ0) is 22.3. The molecule has 1 aromatic carbocycles. The summed E-state index contributed by atoms with van der Waals surface area (Å²) in [6.45, 7) is 7.77. The summed E-state index contributed by atoms with van der Waals surface area (Å²) in [5, 5.41) is 21.8. The smallest absolute Gasteiger partial charge is 0.163 e. The van der Waals surface area contributed by atoms with E-state index in [1.54, 1.807) is 0 Å². The maximum absolute atomic E-state index is 13.1. The Morgan fingerprint density at radius 2 is 1.27 bits per heavy atom. The van der Waals surface area contributed by atoms with Crippen molar-refractivity contribution in [2.24, 2.45) is 10.8 Å². The maximum Gasteiger partial charge on any atom is 0.163 e. The molecule has 0 amide bonds. The quantitative estimate of drug-likeness (QED) is 0.565. The molecular weight excluding hydrogens is 400 g/mol. The van der Waals surface area contributed by atoms with E-state index in [4.69, 9.17) is 11.6 Å². The molecule has 162 valence electrons. The summed E-state index contributed by atoms with van der Waals surface area (Å²) in [5.41, 5.74) is 1.58. The van der Waals surface area contributed by atoms with Gasteiger partial charge in [-0.25, -0.2) is 0 Å². The Balaban J connectivity index is 2.18. The van der Waals surface area contributed by atoms with Gasteiger partial charge in [0.1, 0.15) is 11.5 Å². The number of Topliss-reactive ketones (excluding diaryl/α,β-unsaturated/α-hetero) is 2. The highest BCUT2D eigenvalue weighted by molar-refractivity contribution is 6.18. The number of aliphatic hydroxyl groups excluding tert-OH is 2. The zero-order valence-corrected chi connectivity index (χ0v) is 19.0. The van der Waals surface area contributed by atoms with Crippen LogP contribution >= 0.6 is 11.6 Å². The van der Waals surface area contributed by atoms with Crippen LogP contribution in [0.2, 0.25) is 0 Å². The van der Waals surface area contributed by atoms with Crippen molar-refractivity contribution < 1.29 is 19.8 Å². The monoisotopic (exact) mass is 430 g/mol. The predicted octanol–water partition coefficient (Wildman–Crippen LogP) is 5.95. The SMILES string of the molecule is CC1(C)CC(=O)C(C(C2=C(O)CC(C)(C)CC2=O)c2ccc(CCCl)cc2)=C(O)C1. The van der Waals surface area contributed by atoms with Crippen molar-refractivity contribution in [1.29, 1.82) is 0 Å². The van der Waals surface area contributed by atoms with E-state index in [-0.39, 0.29) is 45.1 Å². The van der Waals surface area contributed by atoms with E-state index in [1.807, 2.05) is 52.0 Å². The number of rotatable bonds is 5. The molecule has 0 radical (unpaired) electrons. The molecule has 3 rings (SSSR count). The molecule has 1 aromatic rings. The molecule has 0 aromatic heterocycles. The van der Waals surface area contributed by atoms with Crippen molar-refractivity contribution >= 4 is 23.2 Å². The van der Waals surface area contributed by atoms with Crippen LogP contribution in [0.15, 0.2) is 46.9 Å². The van der Waals surface area contributed by atoms with Gasteiger partial charge in [0.25, 0.3) is 0 Å². The van der Waals surface area contributed by atoms with Gasteiger partial charge in [-0.1, -0.05) is 52.0 Å². The summed E-state index contributed by atoms with van der Waals surface area (Å²) in [7, 11) is 0. The van der Waals surface area contributed by atoms with Gasteiger partial charge in [-0.3, -0.25) is 9.59 Å². The summed E-state index contributed by atoms with van der Waals surface area (Å²) in [6, 6.07) is 7.59. The lowest BCUT2D eigenvalue weighted by molar-refractivity contribution is -0.119. The summed E-state index contributed by atoms with van der Waals surface area (Å²) >= 11 is 5.84. The van der Waals surface area contributed by atoms with Crippen molar-refractivity contribution in [2.75, 3.05) is 5.88 Å². The molecule has 0 saturated carbocycles. The molecule has 30 heavy (non-hydrogen) atoms. The summed E-state index contributed by atoms with van der Waals surface area (Å²) in [6.07, 6.45) is 2.03. The number of hydrogen-bond donors (Lipinski definition) is 2. The van der Waals surface area contributed by atoms with E-state index in [0.29, 0.717) is 38.0 Å². The van der Waals surface area contributed by atoms with Crippen LogP contribution in [0.1, 0.15) is 70.4 Å². The van der Waals surface area contributed by atoms with Gasteiger partial charge in [0.2, 0.25) is 0 Å². The number of aryl methyl sites for hydroxylation is 1. The Morgan fingerprint density at radius 3 is 1.63 bits per heavy atom. The van der Waals surface area contributed by atoms with Gasteiger partial charge in [-0.15, -0.1) is 11.6 Å². The first-order valence-electron chi connectivity index (χ1n) is 10.5. The Morgan fingerprint density at radius 1 is 0.833 bits per heavy atom. The van der Waals surface area contributed by atoms with Crippen molar-refractivity contribution in [3.05, 3.63) is 58.1 Å². The van der Waals surface area contributed by atoms with Crippen LogP contribution in [-0.2, 0) is 16.0 Å². The molecule has 2 aliphatic carbocycles. The van der Waals surface area contributed by atoms with Gasteiger partial charge in [0.15, 0.2) is 11.6 Å². The molecule has 0 saturated heterocycles. The minimum absolute atomic E-state index is 0.0176. The summed E-state index contributed by atoms with van der Waals surface area (Å²) in [4.78, 5) is 26.3. The topological polar surface area (TPSA) is 74.6 Å². The lowest BCUT2D eigenvalue weighted by atomic mass is 9.67. The number of halogens is 1. The molecule has 0 aliphatic heterocycles. The first kappa shape index (κ1) is 22.6. The first-order chi connectivity index (χ1) is 13.9. The third-order valence-electron chi connectivity index (χ3n) is 6.07. The van der Waals surface area contributed by atoms with Crippen LogP contribution < -0.4 is 0 Å². The first-order valence-corrected chi connectivity index (χ1v) is 11.0. The number of hydrogen-bond acceptors (Lipinski definition) is 4. The standard InChI is InChI=1S/C25H31ClO4/c1-24(2)11-17(27)22(18(28)12-24)21(16-7-5-15(6-8-16)9-10-26)23-19(29)13-25(3,4)14-20(23)30/h5-8,21,27,29H,9-14H2,1-4H3. The van der Waals surface area contributed by atoms with Crippen molar-refractivity contribution in [2.45, 2.75) is 65.7 Å². The minimum Gasteiger partial charge on any atom is -0.512 e. The van der Waals surface area contributed by atoms with E-state index in [9.17, 15) is 19.8 Å². The van der Waals surface area contributed by atoms with E-state index in [0.717, 1.165) is 11.1 Å². The van der Waals surface area contributed by atoms with E-state index >= 15 is 0 Å². The molecule has 2 N–H and O–H groups in total. The fraction of sp³-hybridized carbons (Fsp3) is 0.520. The molecular formula is C25H31ClO4. The highest BCUT2D eigenvalue weighted by atomic mass is 35.5. The number of benzene rings is 1. The second-order valence-corrected chi connectivity index (χ2v) is 10.6. The number of alkyl halides is 1. The van der Waals surface area contributed by atoms with E-state index in [2.05, 4.69) is 0 Å².